The van der Waals surface area contributed by atoms with E-state index in [-0.39, 0.29) is 26.4 Å². The molecule has 0 heterocycles. The highest BCUT2D eigenvalue weighted by molar-refractivity contribution is 6.23. The number of carboxylic acid groups (broad SMARTS) is 2. The molecule has 0 amide bonds. The quantitative estimate of drug-likeness (QED) is 0.387. The normalized spacial score (nSPS) is 10.1. The Morgan fingerprint density at radius 3 is 0.812 bits per heavy atom. The Balaban J connectivity index is 4.48. The first-order valence-electron chi connectivity index (χ1n) is 9.47. The molecule has 2 N–H and O–H groups in total. The number of hydrogen-bond acceptors (Lipinski definition) is 10. The number of benzene rings is 1. The van der Waals surface area contributed by atoms with Crippen LogP contribution in [-0.2, 0) is 18.9 Å². The first-order chi connectivity index (χ1) is 15.1. The van der Waals surface area contributed by atoms with Crippen molar-refractivity contribution in [3.8, 4) is 0 Å². The number of carboxylic acids is 2. The van der Waals surface area contributed by atoms with Gasteiger partial charge in [0.05, 0.1) is 59.8 Å². The van der Waals surface area contributed by atoms with Gasteiger partial charge in [-0.15, -0.1) is 0 Å². The second-order valence-electron chi connectivity index (χ2n) is 5.74. The molecule has 32 heavy (non-hydrogen) atoms. The van der Waals surface area contributed by atoms with E-state index in [0.717, 1.165) is 0 Å². The number of esters is 4. The van der Waals surface area contributed by atoms with Crippen LogP contribution in [0.15, 0.2) is 0 Å². The van der Waals surface area contributed by atoms with Gasteiger partial charge in [-0.2, -0.15) is 0 Å². The van der Waals surface area contributed by atoms with Gasteiger partial charge in [0.1, 0.15) is 0 Å². The Morgan fingerprint density at radius 2 is 0.656 bits per heavy atom. The highest BCUT2D eigenvalue weighted by atomic mass is 16.5. The maximum Gasteiger partial charge on any atom is 0.339 e. The van der Waals surface area contributed by atoms with Crippen LogP contribution in [0.2, 0.25) is 0 Å². The van der Waals surface area contributed by atoms with Gasteiger partial charge in [0.25, 0.3) is 0 Å². The maximum absolute atomic E-state index is 12.8. The molecule has 0 bridgehead atoms. The Morgan fingerprint density at radius 1 is 0.469 bits per heavy atom. The zero-order valence-corrected chi connectivity index (χ0v) is 17.8. The Bertz CT molecular complexity index is 883. The van der Waals surface area contributed by atoms with Crippen molar-refractivity contribution in [2.75, 3.05) is 26.4 Å². The van der Waals surface area contributed by atoms with Crippen LogP contribution in [0, 0.1) is 0 Å². The van der Waals surface area contributed by atoms with Crippen LogP contribution < -0.4 is 0 Å². The van der Waals surface area contributed by atoms with Gasteiger partial charge in [-0.3, -0.25) is 0 Å². The van der Waals surface area contributed by atoms with Gasteiger partial charge in [-0.1, -0.05) is 0 Å². The van der Waals surface area contributed by atoms with E-state index in [1.807, 2.05) is 0 Å². The number of rotatable bonds is 10. The third kappa shape index (κ3) is 5.20. The van der Waals surface area contributed by atoms with Crippen molar-refractivity contribution in [3.05, 3.63) is 33.4 Å². The van der Waals surface area contributed by atoms with Crippen molar-refractivity contribution < 1.29 is 57.9 Å². The summed E-state index contributed by atoms with van der Waals surface area (Å²) in [5, 5.41) is 19.5. The molecular weight excluding hydrogens is 432 g/mol. The lowest BCUT2D eigenvalue weighted by Gasteiger charge is -2.20. The summed E-state index contributed by atoms with van der Waals surface area (Å²) in [5.41, 5.74) is -6.56. The van der Waals surface area contributed by atoms with Gasteiger partial charge in [0.2, 0.25) is 0 Å². The van der Waals surface area contributed by atoms with Gasteiger partial charge in [-0.05, 0) is 27.7 Å². The fourth-order valence-electron chi connectivity index (χ4n) is 2.81. The molecule has 0 fully saturated rings. The molecule has 0 radical (unpaired) electrons. The minimum Gasteiger partial charge on any atom is -0.478 e. The summed E-state index contributed by atoms with van der Waals surface area (Å²) in [6.07, 6.45) is 0. The van der Waals surface area contributed by atoms with Crippen molar-refractivity contribution in [1.82, 2.24) is 0 Å². The average Bonchev–Trinajstić information content (AvgIpc) is 2.71. The van der Waals surface area contributed by atoms with Gasteiger partial charge in [0.15, 0.2) is 0 Å². The maximum atomic E-state index is 12.8. The zero-order valence-electron chi connectivity index (χ0n) is 17.8. The Kier molecular flexibility index (Phi) is 9.32. The minimum atomic E-state index is -1.98. The second kappa shape index (κ2) is 11.4. The first-order valence-corrected chi connectivity index (χ1v) is 9.47. The molecule has 1 aromatic rings. The van der Waals surface area contributed by atoms with E-state index in [2.05, 4.69) is 0 Å². The topological polar surface area (TPSA) is 180 Å². The summed E-state index contributed by atoms with van der Waals surface area (Å²) in [4.78, 5) is 74.9. The highest BCUT2D eigenvalue weighted by Gasteiger charge is 2.42. The predicted molar refractivity (Wildman–Crippen MR) is 104 cm³/mol. The average molecular weight is 454 g/mol. The van der Waals surface area contributed by atoms with E-state index < -0.39 is 69.2 Å². The minimum absolute atomic E-state index is 0.263. The molecular formula is C20H22O12. The molecule has 0 saturated heterocycles. The van der Waals surface area contributed by atoms with Crippen LogP contribution in [0.1, 0.15) is 89.8 Å². The molecule has 1 rings (SSSR count). The van der Waals surface area contributed by atoms with Gasteiger partial charge in [0, 0.05) is 0 Å². The highest BCUT2D eigenvalue weighted by Crippen LogP contribution is 2.32. The third-order valence-electron chi connectivity index (χ3n) is 3.85. The second-order valence-corrected chi connectivity index (χ2v) is 5.74. The molecule has 0 unspecified atom stereocenters. The number of carbonyl (C=O) groups is 6. The predicted octanol–water partition coefficient (Wildman–Crippen LogP) is 1.79. The van der Waals surface area contributed by atoms with E-state index in [0.29, 0.717) is 0 Å². The van der Waals surface area contributed by atoms with E-state index in [1.165, 1.54) is 27.7 Å². The van der Waals surface area contributed by atoms with Gasteiger partial charge < -0.3 is 29.2 Å². The number of aromatic carboxylic acids is 2. The van der Waals surface area contributed by atoms with Crippen LogP contribution in [0.25, 0.3) is 0 Å². The molecule has 0 atom stereocenters. The van der Waals surface area contributed by atoms with Gasteiger partial charge >= 0.3 is 35.8 Å². The monoisotopic (exact) mass is 454 g/mol. The lowest BCUT2D eigenvalue weighted by molar-refractivity contribution is 0.0436. The Labute approximate surface area is 182 Å². The molecule has 0 aliphatic carbocycles. The number of carbonyl (C=O) groups excluding carboxylic acids is 4. The molecule has 0 saturated carbocycles. The van der Waals surface area contributed by atoms with E-state index in [1.54, 1.807) is 0 Å². The standard InChI is InChI=1S/C20H22O12/c1-5-29-17(25)11-9(15(21)22)10(16(23)24)12(18(26)30-6-2)14(20(28)32-8-4)13(11)19(27)31-7-3/h5-8H2,1-4H3,(H,21,22)(H,23,24). The molecule has 0 aliphatic heterocycles. The lowest BCUT2D eigenvalue weighted by Crippen LogP contribution is -2.30. The summed E-state index contributed by atoms with van der Waals surface area (Å²) in [6.45, 7) is 4.44. The molecule has 174 valence electrons. The summed E-state index contributed by atoms with van der Waals surface area (Å²) in [7, 11) is 0. The van der Waals surface area contributed by atoms with Crippen molar-refractivity contribution in [2.24, 2.45) is 0 Å². The van der Waals surface area contributed by atoms with Crippen molar-refractivity contribution >= 4 is 35.8 Å². The fourth-order valence-corrected chi connectivity index (χ4v) is 2.81. The van der Waals surface area contributed by atoms with Gasteiger partial charge in [-0.25, -0.2) is 28.8 Å². The third-order valence-corrected chi connectivity index (χ3v) is 3.85. The van der Waals surface area contributed by atoms with Crippen LogP contribution in [0.3, 0.4) is 0 Å². The van der Waals surface area contributed by atoms with Crippen molar-refractivity contribution in [1.29, 1.82) is 0 Å². The first kappa shape index (κ1) is 26.1. The molecule has 1 aromatic carbocycles. The number of ether oxygens (including phenoxy) is 4. The molecule has 0 spiro atoms. The summed E-state index contributed by atoms with van der Waals surface area (Å²) < 4.78 is 19.3. The van der Waals surface area contributed by atoms with Crippen LogP contribution in [-0.4, -0.2) is 72.5 Å². The largest absolute Gasteiger partial charge is 0.478 e. The fraction of sp³-hybridized carbons (Fsp3) is 0.400. The summed E-state index contributed by atoms with van der Waals surface area (Å²) >= 11 is 0. The molecule has 0 aromatic heterocycles. The summed E-state index contributed by atoms with van der Waals surface area (Å²) in [6, 6.07) is 0. The number of hydrogen-bond donors (Lipinski definition) is 2. The van der Waals surface area contributed by atoms with E-state index >= 15 is 0 Å². The van der Waals surface area contributed by atoms with Crippen LogP contribution in [0.5, 0.6) is 0 Å². The SMILES string of the molecule is CCOC(=O)c1c(C(=O)O)c(C(=O)O)c(C(=O)OCC)c(C(=O)OCC)c1C(=O)OCC. The van der Waals surface area contributed by atoms with Crippen molar-refractivity contribution in [3.63, 3.8) is 0 Å². The smallest absolute Gasteiger partial charge is 0.339 e. The molecule has 0 aliphatic rings. The van der Waals surface area contributed by atoms with Crippen molar-refractivity contribution in [2.45, 2.75) is 27.7 Å². The molecule has 12 heteroatoms. The summed E-state index contributed by atoms with van der Waals surface area (Å²) in [5.74, 6) is -9.53. The Hall–Kier alpha value is -3.96. The van der Waals surface area contributed by atoms with E-state index in [4.69, 9.17) is 18.9 Å². The zero-order chi connectivity index (χ0) is 24.6. The lowest BCUT2D eigenvalue weighted by atomic mass is 9.85. The van der Waals surface area contributed by atoms with Crippen LogP contribution in [0.4, 0.5) is 0 Å². The van der Waals surface area contributed by atoms with Crippen LogP contribution >= 0.6 is 0 Å². The molecule has 12 nitrogen and oxygen atoms in total. The van der Waals surface area contributed by atoms with E-state index in [9.17, 15) is 39.0 Å².